The molecule has 0 fully saturated rings. The highest BCUT2D eigenvalue weighted by atomic mass is 16.4. The molecule has 0 amide bonds. The summed E-state index contributed by atoms with van der Waals surface area (Å²) in [6.07, 6.45) is 1.71. The third-order valence-electron chi connectivity index (χ3n) is 2.26. The number of aryl methyl sites for hydroxylation is 1. The van der Waals surface area contributed by atoms with Crippen LogP contribution < -0.4 is 0 Å². The number of hydrogen-bond donors (Lipinski definition) is 2. The molecule has 76 valence electrons. The van der Waals surface area contributed by atoms with Gasteiger partial charge in [-0.15, -0.1) is 0 Å². The Kier molecular flexibility index (Phi) is 2.29. The van der Waals surface area contributed by atoms with Crippen molar-refractivity contribution < 1.29 is 9.90 Å². The van der Waals surface area contributed by atoms with Gasteiger partial charge in [0.2, 0.25) is 0 Å². The SMILES string of the molecule is Cc1cccc(-c2c[nH]c(C(=O)O)c2)c1. The Balaban J connectivity index is 2.41. The van der Waals surface area contributed by atoms with Crippen LogP contribution in [-0.2, 0) is 0 Å². The second kappa shape index (κ2) is 3.61. The van der Waals surface area contributed by atoms with Crippen LogP contribution in [0, 0.1) is 6.92 Å². The van der Waals surface area contributed by atoms with Gasteiger partial charge in [-0.1, -0.05) is 29.8 Å². The summed E-state index contributed by atoms with van der Waals surface area (Å²) in [5.74, 6) is -0.936. The van der Waals surface area contributed by atoms with Crippen molar-refractivity contribution in [3.63, 3.8) is 0 Å². The second-order valence-corrected chi connectivity index (χ2v) is 3.48. The fourth-order valence-electron chi connectivity index (χ4n) is 1.51. The van der Waals surface area contributed by atoms with E-state index in [0.717, 1.165) is 16.7 Å². The van der Waals surface area contributed by atoms with Crippen molar-refractivity contribution in [3.8, 4) is 11.1 Å². The molecule has 0 saturated carbocycles. The molecule has 0 aliphatic carbocycles. The number of carboxylic acid groups (broad SMARTS) is 1. The molecule has 0 aliphatic rings. The van der Waals surface area contributed by atoms with Crippen LogP contribution in [0.4, 0.5) is 0 Å². The molecular formula is C12H11NO2. The van der Waals surface area contributed by atoms with E-state index in [1.165, 1.54) is 0 Å². The van der Waals surface area contributed by atoms with Crippen LogP contribution >= 0.6 is 0 Å². The first-order chi connectivity index (χ1) is 7.16. The summed E-state index contributed by atoms with van der Waals surface area (Å²) in [6.45, 7) is 2.01. The molecule has 2 aromatic rings. The summed E-state index contributed by atoms with van der Waals surface area (Å²) in [7, 11) is 0. The van der Waals surface area contributed by atoms with Gasteiger partial charge in [-0.25, -0.2) is 4.79 Å². The normalized spacial score (nSPS) is 10.2. The van der Waals surface area contributed by atoms with E-state index in [0.29, 0.717) is 0 Å². The molecule has 3 heteroatoms. The number of benzene rings is 1. The van der Waals surface area contributed by atoms with Crippen LogP contribution in [0.3, 0.4) is 0 Å². The van der Waals surface area contributed by atoms with E-state index in [1.54, 1.807) is 12.3 Å². The van der Waals surface area contributed by atoms with Gasteiger partial charge >= 0.3 is 5.97 Å². The summed E-state index contributed by atoms with van der Waals surface area (Å²) in [6, 6.07) is 9.58. The van der Waals surface area contributed by atoms with E-state index in [9.17, 15) is 4.79 Å². The largest absolute Gasteiger partial charge is 0.477 e. The Labute approximate surface area is 87.4 Å². The van der Waals surface area contributed by atoms with Crippen LogP contribution in [0.1, 0.15) is 16.1 Å². The van der Waals surface area contributed by atoms with Crippen molar-refractivity contribution >= 4 is 5.97 Å². The van der Waals surface area contributed by atoms with Crippen LogP contribution in [0.2, 0.25) is 0 Å². The first-order valence-corrected chi connectivity index (χ1v) is 4.65. The van der Waals surface area contributed by atoms with Crippen molar-refractivity contribution in [2.75, 3.05) is 0 Å². The summed E-state index contributed by atoms with van der Waals surface area (Å²) >= 11 is 0. The topological polar surface area (TPSA) is 53.1 Å². The number of carboxylic acids is 1. The average molecular weight is 201 g/mol. The van der Waals surface area contributed by atoms with Crippen molar-refractivity contribution in [2.24, 2.45) is 0 Å². The van der Waals surface area contributed by atoms with Gasteiger partial charge < -0.3 is 10.1 Å². The standard InChI is InChI=1S/C12H11NO2/c1-8-3-2-4-9(5-8)10-6-11(12(14)15)13-7-10/h2-7,13H,1H3,(H,14,15). The third-order valence-corrected chi connectivity index (χ3v) is 2.26. The van der Waals surface area contributed by atoms with Gasteiger partial charge in [-0.3, -0.25) is 0 Å². The van der Waals surface area contributed by atoms with Crippen molar-refractivity contribution in [1.29, 1.82) is 0 Å². The van der Waals surface area contributed by atoms with Crippen molar-refractivity contribution in [2.45, 2.75) is 6.92 Å². The Morgan fingerprint density at radius 3 is 2.67 bits per heavy atom. The summed E-state index contributed by atoms with van der Waals surface area (Å²) in [5, 5.41) is 8.77. The molecule has 15 heavy (non-hydrogen) atoms. The molecule has 0 bridgehead atoms. The summed E-state index contributed by atoms with van der Waals surface area (Å²) in [4.78, 5) is 13.4. The first-order valence-electron chi connectivity index (χ1n) is 4.65. The van der Waals surface area contributed by atoms with Gasteiger partial charge in [0.25, 0.3) is 0 Å². The second-order valence-electron chi connectivity index (χ2n) is 3.48. The first kappa shape index (κ1) is 9.52. The Morgan fingerprint density at radius 2 is 2.07 bits per heavy atom. The molecular weight excluding hydrogens is 190 g/mol. The van der Waals surface area contributed by atoms with Gasteiger partial charge in [0.1, 0.15) is 5.69 Å². The Bertz CT molecular complexity index is 500. The van der Waals surface area contributed by atoms with Crippen LogP contribution in [0.5, 0.6) is 0 Å². The zero-order valence-corrected chi connectivity index (χ0v) is 8.32. The van der Waals surface area contributed by atoms with Crippen LogP contribution in [0.25, 0.3) is 11.1 Å². The smallest absolute Gasteiger partial charge is 0.352 e. The maximum atomic E-state index is 10.7. The van der Waals surface area contributed by atoms with Crippen molar-refractivity contribution in [1.82, 2.24) is 4.98 Å². The lowest BCUT2D eigenvalue weighted by molar-refractivity contribution is 0.0691. The molecule has 1 aromatic carbocycles. The number of carbonyl (C=O) groups is 1. The number of H-pyrrole nitrogens is 1. The van der Waals surface area contributed by atoms with Gasteiger partial charge in [0.05, 0.1) is 0 Å². The lowest BCUT2D eigenvalue weighted by Crippen LogP contribution is -1.94. The van der Waals surface area contributed by atoms with E-state index in [2.05, 4.69) is 4.98 Å². The van der Waals surface area contributed by atoms with Crippen LogP contribution in [0.15, 0.2) is 36.5 Å². The predicted molar refractivity (Wildman–Crippen MR) is 57.9 cm³/mol. The lowest BCUT2D eigenvalue weighted by atomic mass is 10.1. The highest BCUT2D eigenvalue weighted by Gasteiger charge is 2.06. The van der Waals surface area contributed by atoms with E-state index >= 15 is 0 Å². The quantitative estimate of drug-likeness (QED) is 0.784. The zero-order valence-electron chi connectivity index (χ0n) is 8.32. The van der Waals surface area contributed by atoms with E-state index in [4.69, 9.17) is 5.11 Å². The van der Waals surface area contributed by atoms with Gasteiger partial charge in [-0.05, 0) is 18.6 Å². The van der Waals surface area contributed by atoms with Crippen molar-refractivity contribution in [3.05, 3.63) is 47.8 Å². The Hall–Kier alpha value is -2.03. The highest BCUT2D eigenvalue weighted by molar-refractivity contribution is 5.87. The summed E-state index contributed by atoms with van der Waals surface area (Å²) in [5.41, 5.74) is 3.30. The maximum absolute atomic E-state index is 10.7. The van der Waals surface area contributed by atoms with E-state index in [-0.39, 0.29) is 5.69 Å². The van der Waals surface area contributed by atoms with Gasteiger partial charge in [0, 0.05) is 11.8 Å². The molecule has 2 N–H and O–H groups in total. The fourth-order valence-corrected chi connectivity index (χ4v) is 1.51. The molecule has 1 aromatic heterocycles. The minimum Gasteiger partial charge on any atom is -0.477 e. The van der Waals surface area contributed by atoms with Crippen LogP contribution in [-0.4, -0.2) is 16.1 Å². The Morgan fingerprint density at radius 1 is 1.27 bits per heavy atom. The minimum absolute atomic E-state index is 0.214. The molecule has 0 spiro atoms. The monoisotopic (exact) mass is 201 g/mol. The molecule has 1 heterocycles. The molecule has 0 saturated heterocycles. The predicted octanol–water partition coefficient (Wildman–Crippen LogP) is 2.69. The van der Waals surface area contributed by atoms with E-state index < -0.39 is 5.97 Å². The minimum atomic E-state index is -0.936. The molecule has 0 atom stereocenters. The fraction of sp³-hybridized carbons (Fsp3) is 0.0833. The third kappa shape index (κ3) is 1.91. The molecule has 0 radical (unpaired) electrons. The maximum Gasteiger partial charge on any atom is 0.352 e. The molecule has 2 rings (SSSR count). The lowest BCUT2D eigenvalue weighted by Gasteiger charge is -1.98. The number of aromatic amines is 1. The molecule has 0 aliphatic heterocycles. The molecule has 3 nitrogen and oxygen atoms in total. The number of hydrogen-bond acceptors (Lipinski definition) is 1. The zero-order chi connectivity index (χ0) is 10.8. The highest BCUT2D eigenvalue weighted by Crippen LogP contribution is 2.21. The number of aromatic carboxylic acids is 1. The van der Waals surface area contributed by atoms with Gasteiger partial charge in [-0.2, -0.15) is 0 Å². The molecule has 0 unspecified atom stereocenters. The number of rotatable bonds is 2. The average Bonchev–Trinajstić information content (AvgIpc) is 2.66. The number of aromatic nitrogens is 1. The summed E-state index contributed by atoms with van der Waals surface area (Å²) < 4.78 is 0. The van der Waals surface area contributed by atoms with E-state index in [1.807, 2.05) is 31.2 Å². The van der Waals surface area contributed by atoms with Gasteiger partial charge in [0.15, 0.2) is 0 Å². The number of nitrogens with one attached hydrogen (secondary N) is 1.